The summed E-state index contributed by atoms with van der Waals surface area (Å²) in [6.45, 7) is 4.63. The molecule has 2 aromatic rings. The Balaban J connectivity index is 0.00000242. The zero-order valence-electron chi connectivity index (χ0n) is 15.7. The first-order valence-electron chi connectivity index (χ1n) is 7.94. The van der Waals surface area contributed by atoms with E-state index in [0.29, 0.717) is 5.92 Å². The van der Waals surface area contributed by atoms with E-state index in [0.717, 1.165) is 5.92 Å². The number of hydrogen-bond acceptors (Lipinski definition) is 1. The third kappa shape index (κ3) is 4.94. The number of anilines is 1. The first-order valence-corrected chi connectivity index (χ1v) is 7.94. The number of hydrogen-bond donors (Lipinski definition) is 0. The minimum absolute atomic E-state index is 0. The van der Waals surface area contributed by atoms with Gasteiger partial charge in [-0.1, -0.05) is 62.7 Å². The smallest absolute Gasteiger partial charge is 1.00 e. The van der Waals surface area contributed by atoms with Crippen molar-refractivity contribution < 1.29 is 20.3 Å². The first kappa shape index (κ1) is 18.9. The zero-order chi connectivity index (χ0) is 15.2. The third-order valence-corrected chi connectivity index (χ3v) is 4.35. The molecule has 0 radical (unpaired) electrons. The van der Waals surface area contributed by atoms with E-state index in [1.165, 1.54) is 29.7 Å². The van der Waals surface area contributed by atoms with E-state index in [4.69, 9.17) is 0 Å². The predicted molar refractivity (Wildman–Crippen MR) is 94.2 cm³/mol. The average molecular weight is 289 g/mol. The van der Waals surface area contributed by atoms with E-state index >= 15 is 0 Å². The molecule has 0 N–H and O–H groups in total. The Hall–Kier alpha value is -1.16. The van der Waals surface area contributed by atoms with Crippen LogP contribution < -0.4 is 23.8 Å². The van der Waals surface area contributed by atoms with Gasteiger partial charge in [-0.25, -0.2) is 0 Å². The molecule has 0 saturated heterocycles. The van der Waals surface area contributed by atoms with Gasteiger partial charge in [-0.3, -0.25) is 0 Å². The van der Waals surface area contributed by atoms with Gasteiger partial charge < -0.3 is 6.33 Å². The van der Waals surface area contributed by atoms with Crippen LogP contribution in [0.2, 0.25) is 0 Å². The molecular formula is C20H28LiN. The summed E-state index contributed by atoms with van der Waals surface area (Å²) in [4.78, 5) is 2.15. The molecule has 0 spiro atoms. The largest absolute Gasteiger partial charge is 1.00 e. The van der Waals surface area contributed by atoms with Crippen LogP contribution >= 0.6 is 0 Å². The molecule has 0 fully saturated rings. The molecule has 0 aromatic heterocycles. The van der Waals surface area contributed by atoms with Crippen molar-refractivity contribution in [3.63, 3.8) is 0 Å². The molecule has 0 saturated carbocycles. The van der Waals surface area contributed by atoms with Gasteiger partial charge >= 0.3 is 18.9 Å². The molecule has 22 heavy (non-hydrogen) atoms. The molecular weight excluding hydrogens is 261 g/mol. The Bertz CT molecular complexity index is 539. The summed E-state index contributed by atoms with van der Waals surface area (Å²) in [6, 6.07) is 19.9. The fourth-order valence-electron chi connectivity index (χ4n) is 2.72. The minimum atomic E-state index is 0. The van der Waals surface area contributed by atoms with Gasteiger partial charge in [0.25, 0.3) is 0 Å². The zero-order valence-corrected chi connectivity index (χ0v) is 14.7. The first-order chi connectivity index (χ1) is 10.1. The van der Waals surface area contributed by atoms with E-state index in [-0.39, 0.29) is 20.3 Å². The maximum atomic E-state index is 2.35. The molecule has 0 aliphatic carbocycles. The van der Waals surface area contributed by atoms with Gasteiger partial charge in [0.05, 0.1) is 0 Å². The van der Waals surface area contributed by atoms with Gasteiger partial charge in [0, 0.05) is 25.7 Å². The Morgan fingerprint density at radius 3 is 1.95 bits per heavy atom. The van der Waals surface area contributed by atoms with Crippen LogP contribution in [0.5, 0.6) is 0 Å². The molecule has 2 aromatic carbocycles. The molecule has 2 unspecified atom stereocenters. The third-order valence-electron chi connectivity index (χ3n) is 4.35. The normalized spacial score (nSPS) is 13.1. The average Bonchev–Trinajstić information content (AvgIpc) is 2.53. The van der Waals surface area contributed by atoms with E-state index in [2.05, 4.69) is 87.4 Å². The number of nitrogens with zero attached hydrogens (tertiary/aromatic N) is 1. The van der Waals surface area contributed by atoms with Crippen LogP contribution in [0.15, 0.2) is 54.6 Å². The Morgan fingerprint density at radius 1 is 0.909 bits per heavy atom. The fraction of sp³-hybridized carbons (Fsp3) is 0.400. The fourth-order valence-corrected chi connectivity index (χ4v) is 2.72. The summed E-state index contributed by atoms with van der Waals surface area (Å²) in [7, 11) is 4.17. The standard InChI is InChI=1S/C20H27N.Li.H/c1-5-16(2)15-20(17-9-7-6-8-10-17)18-11-13-19(14-12-18)21(3)4;;/h6-14,16,20H,5,15H2,1-4H3;;/q;+1;-1. The molecule has 0 aliphatic heterocycles. The van der Waals surface area contributed by atoms with Crippen molar-refractivity contribution in [3.05, 3.63) is 65.7 Å². The minimum Gasteiger partial charge on any atom is -1.00 e. The van der Waals surface area contributed by atoms with Crippen LogP contribution in [-0.2, 0) is 0 Å². The quantitative estimate of drug-likeness (QED) is 0.738. The van der Waals surface area contributed by atoms with Crippen molar-refractivity contribution in [1.29, 1.82) is 0 Å². The van der Waals surface area contributed by atoms with Gasteiger partial charge in [-0.15, -0.1) is 0 Å². The van der Waals surface area contributed by atoms with Crippen molar-refractivity contribution in [2.24, 2.45) is 5.92 Å². The Morgan fingerprint density at radius 2 is 1.45 bits per heavy atom. The van der Waals surface area contributed by atoms with Gasteiger partial charge in [0.15, 0.2) is 0 Å². The maximum absolute atomic E-state index is 2.35. The van der Waals surface area contributed by atoms with Crippen LogP contribution in [0, 0.1) is 5.92 Å². The SMILES string of the molecule is CCC(C)CC(c1ccccc1)c1ccc(N(C)C)cc1.[H-].[Li+]. The second-order valence-electron chi connectivity index (χ2n) is 6.20. The summed E-state index contributed by atoms with van der Waals surface area (Å²) in [6.07, 6.45) is 2.45. The Kier molecular flexibility index (Phi) is 7.80. The molecule has 2 rings (SSSR count). The second kappa shape index (κ2) is 9.08. The van der Waals surface area contributed by atoms with E-state index in [1.807, 2.05) is 0 Å². The van der Waals surface area contributed by atoms with Crippen molar-refractivity contribution in [2.45, 2.75) is 32.6 Å². The molecule has 114 valence electrons. The molecule has 2 heteroatoms. The van der Waals surface area contributed by atoms with E-state index in [9.17, 15) is 0 Å². The summed E-state index contributed by atoms with van der Waals surface area (Å²) in [5.74, 6) is 1.24. The summed E-state index contributed by atoms with van der Waals surface area (Å²) in [5, 5.41) is 0. The predicted octanol–water partition coefficient (Wildman–Crippen LogP) is 2.44. The maximum Gasteiger partial charge on any atom is 1.00 e. The molecule has 0 amide bonds. The second-order valence-corrected chi connectivity index (χ2v) is 6.20. The Labute approximate surface area is 149 Å². The van der Waals surface area contributed by atoms with Gasteiger partial charge in [0.1, 0.15) is 0 Å². The monoisotopic (exact) mass is 289 g/mol. The van der Waals surface area contributed by atoms with E-state index in [1.54, 1.807) is 0 Å². The van der Waals surface area contributed by atoms with Crippen LogP contribution in [0.4, 0.5) is 5.69 Å². The van der Waals surface area contributed by atoms with Crippen LogP contribution in [0.25, 0.3) is 0 Å². The number of benzene rings is 2. The molecule has 0 bridgehead atoms. The van der Waals surface area contributed by atoms with Crippen molar-refractivity contribution in [1.82, 2.24) is 0 Å². The topological polar surface area (TPSA) is 3.24 Å². The summed E-state index contributed by atoms with van der Waals surface area (Å²) >= 11 is 0. The van der Waals surface area contributed by atoms with Crippen LogP contribution in [-0.4, -0.2) is 14.1 Å². The van der Waals surface area contributed by atoms with Crippen molar-refractivity contribution in [3.8, 4) is 0 Å². The molecule has 0 aliphatic rings. The van der Waals surface area contributed by atoms with Crippen LogP contribution in [0.3, 0.4) is 0 Å². The molecule has 2 atom stereocenters. The van der Waals surface area contributed by atoms with E-state index < -0.39 is 0 Å². The van der Waals surface area contributed by atoms with Crippen molar-refractivity contribution in [2.75, 3.05) is 19.0 Å². The van der Waals surface area contributed by atoms with Gasteiger partial charge in [-0.2, -0.15) is 0 Å². The molecule has 1 nitrogen and oxygen atoms in total. The number of rotatable bonds is 6. The van der Waals surface area contributed by atoms with Gasteiger partial charge in [0.2, 0.25) is 0 Å². The van der Waals surface area contributed by atoms with Crippen LogP contribution in [0.1, 0.15) is 45.2 Å². The summed E-state index contributed by atoms with van der Waals surface area (Å²) in [5.41, 5.74) is 4.11. The molecule has 0 heterocycles. The van der Waals surface area contributed by atoms with Crippen molar-refractivity contribution >= 4 is 5.69 Å². The van der Waals surface area contributed by atoms with Gasteiger partial charge in [-0.05, 0) is 35.6 Å². The summed E-state index contributed by atoms with van der Waals surface area (Å²) < 4.78 is 0.